The predicted molar refractivity (Wildman–Crippen MR) is 102 cm³/mol. The van der Waals surface area contributed by atoms with Gasteiger partial charge in [-0.15, -0.1) is 0 Å². The molecule has 0 radical (unpaired) electrons. The zero-order valence-corrected chi connectivity index (χ0v) is 16.4. The Morgan fingerprint density at radius 3 is 2.04 bits per heavy atom. The highest BCUT2D eigenvalue weighted by atomic mass is 16.5. The number of rotatable bonds is 10. The number of quaternary nitrogens is 1. The Balaban J connectivity index is 2.82. The smallest absolute Gasteiger partial charge is 0.279 e. The highest BCUT2D eigenvalue weighted by molar-refractivity contribution is 5.93. The molecule has 1 rings (SSSR count). The predicted octanol–water partition coefficient (Wildman–Crippen LogP) is 4.30. The average Bonchev–Trinajstić information content (AvgIpc) is 2.56. The molecule has 0 atom stereocenters. The summed E-state index contributed by atoms with van der Waals surface area (Å²) in [5.74, 6) is 0.976. The minimum absolute atomic E-state index is 0.0893. The largest absolute Gasteiger partial charge is 0.494 e. The summed E-state index contributed by atoms with van der Waals surface area (Å²) in [6.45, 7) is 16.8. The van der Waals surface area contributed by atoms with Crippen LogP contribution in [-0.4, -0.2) is 43.2 Å². The first-order valence-electron chi connectivity index (χ1n) is 9.30. The molecular weight excluding hydrogens is 300 g/mol. The van der Waals surface area contributed by atoms with E-state index in [2.05, 4.69) is 33.0 Å². The van der Waals surface area contributed by atoms with Crippen molar-refractivity contribution < 1.29 is 14.0 Å². The molecule has 0 unspecified atom stereocenters. The Bertz CT molecular complexity index is 505. The van der Waals surface area contributed by atoms with Crippen LogP contribution in [0.4, 0.5) is 5.69 Å². The second-order valence-corrected chi connectivity index (χ2v) is 6.63. The SMILES string of the molecule is CCCCOc1cc(C)c(NC(=O)C[N+](CC)(CC)CC)c(C)c1. The van der Waals surface area contributed by atoms with Crippen LogP contribution in [0.2, 0.25) is 0 Å². The normalized spacial score (nSPS) is 11.4. The minimum Gasteiger partial charge on any atom is -0.494 e. The Labute approximate surface area is 147 Å². The van der Waals surface area contributed by atoms with E-state index in [1.54, 1.807) is 0 Å². The Kier molecular flexibility index (Phi) is 8.26. The average molecular weight is 336 g/mol. The second kappa shape index (κ2) is 9.67. The van der Waals surface area contributed by atoms with E-state index in [9.17, 15) is 4.79 Å². The van der Waals surface area contributed by atoms with Crippen LogP contribution in [0.1, 0.15) is 51.7 Å². The molecule has 0 bridgehead atoms. The molecule has 0 saturated carbocycles. The topological polar surface area (TPSA) is 38.3 Å². The lowest BCUT2D eigenvalue weighted by Crippen LogP contribution is -2.52. The molecule has 0 heterocycles. The zero-order chi connectivity index (χ0) is 18.2. The van der Waals surface area contributed by atoms with Gasteiger partial charge >= 0.3 is 0 Å². The number of carbonyl (C=O) groups excluding carboxylic acids is 1. The van der Waals surface area contributed by atoms with Gasteiger partial charge in [0.15, 0.2) is 6.54 Å². The van der Waals surface area contributed by atoms with Crippen LogP contribution < -0.4 is 10.1 Å². The maximum atomic E-state index is 12.5. The maximum Gasteiger partial charge on any atom is 0.279 e. The zero-order valence-electron chi connectivity index (χ0n) is 16.4. The van der Waals surface area contributed by atoms with Crippen LogP contribution >= 0.6 is 0 Å². The van der Waals surface area contributed by atoms with Crippen molar-refractivity contribution in [3.05, 3.63) is 23.3 Å². The second-order valence-electron chi connectivity index (χ2n) is 6.63. The van der Waals surface area contributed by atoms with Crippen LogP contribution in [0.3, 0.4) is 0 Å². The molecule has 0 aliphatic carbocycles. The van der Waals surface area contributed by atoms with Gasteiger partial charge in [0.1, 0.15) is 5.75 Å². The third-order valence-electron chi connectivity index (χ3n) is 5.03. The van der Waals surface area contributed by atoms with Gasteiger partial charge in [0.05, 0.1) is 26.2 Å². The summed E-state index contributed by atoms with van der Waals surface area (Å²) in [6.07, 6.45) is 2.18. The summed E-state index contributed by atoms with van der Waals surface area (Å²) in [5.41, 5.74) is 3.03. The summed E-state index contributed by atoms with van der Waals surface area (Å²) in [6, 6.07) is 4.03. The molecule has 0 fully saturated rings. The number of hydrogen-bond acceptors (Lipinski definition) is 2. The fourth-order valence-corrected chi connectivity index (χ4v) is 3.03. The summed E-state index contributed by atoms with van der Waals surface area (Å²) in [5, 5.41) is 3.12. The first kappa shape index (κ1) is 20.5. The Morgan fingerprint density at radius 1 is 1.04 bits per heavy atom. The molecule has 1 N–H and O–H groups in total. The van der Waals surface area contributed by atoms with Gasteiger partial charge in [-0.25, -0.2) is 0 Å². The van der Waals surface area contributed by atoms with E-state index in [-0.39, 0.29) is 5.91 Å². The van der Waals surface area contributed by atoms with Gasteiger partial charge in [-0.1, -0.05) is 13.3 Å². The van der Waals surface area contributed by atoms with Crippen molar-refractivity contribution in [1.82, 2.24) is 0 Å². The number of ether oxygens (including phenoxy) is 1. The van der Waals surface area contributed by atoms with Crippen LogP contribution in [0.25, 0.3) is 0 Å². The van der Waals surface area contributed by atoms with Crippen LogP contribution in [-0.2, 0) is 4.79 Å². The number of aryl methyl sites for hydroxylation is 2. The number of carbonyl (C=O) groups is 1. The summed E-state index contributed by atoms with van der Waals surface area (Å²) < 4.78 is 6.61. The van der Waals surface area contributed by atoms with Crippen molar-refractivity contribution in [1.29, 1.82) is 0 Å². The summed E-state index contributed by atoms with van der Waals surface area (Å²) in [7, 11) is 0. The minimum atomic E-state index is 0.0893. The van der Waals surface area contributed by atoms with Gasteiger partial charge in [0.2, 0.25) is 0 Å². The van der Waals surface area contributed by atoms with Crippen LogP contribution in [0.15, 0.2) is 12.1 Å². The molecule has 136 valence electrons. The monoisotopic (exact) mass is 335 g/mol. The highest BCUT2D eigenvalue weighted by Crippen LogP contribution is 2.26. The van der Waals surface area contributed by atoms with Crippen LogP contribution in [0, 0.1) is 13.8 Å². The lowest BCUT2D eigenvalue weighted by Gasteiger charge is -2.35. The van der Waals surface area contributed by atoms with Gasteiger partial charge < -0.3 is 14.5 Å². The van der Waals surface area contributed by atoms with E-state index in [4.69, 9.17) is 4.74 Å². The van der Waals surface area contributed by atoms with Crippen molar-refractivity contribution >= 4 is 11.6 Å². The Morgan fingerprint density at radius 2 is 1.58 bits per heavy atom. The highest BCUT2D eigenvalue weighted by Gasteiger charge is 2.25. The molecule has 0 saturated heterocycles. The molecule has 4 heteroatoms. The lowest BCUT2D eigenvalue weighted by atomic mass is 10.1. The number of anilines is 1. The molecule has 0 aliphatic rings. The number of unbranched alkanes of at least 4 members (excludes halogenated alkanes) is 1. The van der Waals surface area contributed by atoms with E-state index >= 15 is 0 Å². The molecule has 0 aromatic heterocycles. The molecule has 4 nitrogen and oxygen atoms in total. The fourth-order valence-electron chi connectivity index (χ4n) is 3.03. The Hall–Kier alpha value is -1.55. The maximum absolute atomic E-state index is 12.5. The molecule has 0 aliphatic heterocycles. The molecule has 0 spiro atoms. The van der Waals surface area contributed by atoms with Crippen molar-refractivity contribution in [2.75, 3.05) is 38.1 Å². The third kappa shape index (κ3) is 5.52. The first-order chi connectivity index (χ1) is 11.4. The summed E-state index contributed by atoms with van der Waals surface area (Å²) >= 11 is 0. The number of hydrogen-bond donors (Lipinski definition) is 1. The van der Waals surface area contributed by atoms with E-state index in [1.807, 2.05) is 26.0 Å². The molecular formula is C20H35N2O2+. The number of nitrogens with one attached hydrogen (secondary N) is 1. The van der Waals surface area contributed by atoms with Crippen LogP contribution in [0.5, 0.6) is 5.75 Å². The van der Waals surface area contributed by atoms with Gasteiger partial charge in [-0.2, -0.15) is 0 Å². The third-order valence-corrected chi connectivity index (χ3v) is 5.03. The van der Waals surface area contributed by atoms with E-state index < -0.39 is 0 Å². The molecule has 1 aromatic carbocycles. The molecule has 24 heavy (non-hydrogen) atoms. The van der Waals surface area contributed by atoms with Crippen molar-refractivity contribution in [3.8, 4) is 5.75 Å². The van der Waals surface area contributed by atoms with Crippen molar-refractivity contribution in [3.63, 3.8) is 0 Å². The number of amides is 1. The first-order valence-corrected chi connectivity index (χ1v) is 9.30. The molecule has 1 amide bonds. The number of nitrogens with zero attached hydrogens (tertiary/aromatic N) is 1. The summed E-state index contributed by atoms with van der Waals surface area (Å²) in [4.78, 5) is 12.5. The fraction of sp³-hybridized carbons (Fsp3) is 0.650. The van der Waals surface area contributed by atoms with E-state index in [0.717, 1.165) is 66.1 Å². The molecule has 1 aromatic rings. The van der Waals surface area contributed by atoms with E-state index in [1.165, 1.54) is 0 Å². The van der Waals surface area contributed by atoms with Gasteiger partial charge in [0.25, 0.3) is 5.91 Å². The van der Waals surface area contributed by atoms with E-state index in [0.29, 0.717) is 6.54 Å². The van der Waals surface area contributed by atoms with Gasteiger partial charge in [-0.3, -0.25) is 4.79 Å². The van der Waals surface area contributed by atoms with Crippen molar-refractivity contribution in [2.24, 2.45) is 0 Å². The number of likely N-dealkylation sites (N-methyl/N-ethyl adjacent to an activating group) is 1. The standard InChI is InChI=1S/C20H34N2O2/c1-7-11-12-24-18-13-16(5)20(17(6)14-18)21-19(23)15-22(8-2,9-3)10-4/h13-14H,7-12,15H2,1-6H3/p+1. The van der Waals surface area contributed by atoms with Gasteiger partial charge in [-0.05, 0) is 64.3 Å². The lowest BCUT2D eigenvalue weighted by molar-refractivity contribution is -0.915. The number of benzene rings is 1. The quantitative estimate of drug-likeness (QED) is 0.511. The van der Waals surface area contributed by atoms with Crippen molar-refractivity contribution in [2.45, 2.75) is 54.4 Å². The van der Waals surface area contributed by atoms with Gasteiger partial charge in [0, 0.05) is 5.69 Å².